The van der Waals surface area contributed by atoms with Gasteiger partial charge in [0.2, 0.25) is 0 Å². The molecular weight excluding hydrogens is 326 g/mol. The average Bonchev–Trinajstić information content (AvgIpc) is 2.97. The van der Waals surface area contributed by atoms with Gasteiger partial charge >= 0.3 is 0 Å². The Hall–Kier alpha value is -2.12. The molecule has 1 heterocycles. The molecule has 0 bridgehead atoms. The summed E-state index contributed by atoms with van der Waals surface area (Å²) in [5.74, 6) is 0.921. The van der Waals surface area contributed by atoms with Crippen molar-refractivity contribution in [1.29, 1.82) is 0 Å². The Balaban J connectivity index is 2.07. The number of hydrogen-bond acceptors (Lipinski definition) is 6. The molecule has 3 N–H and O–H groups in total. The highest BCUT2D eigenvalue weighted by atomic mass is 32.1. The lowest BCUT2D eigenvalue weighted by Crippen LogP contribution is -2.22. The van der Waals surface area contributed by atoms with E-state index in [-0.39, 0.29) is 5.91 Å². The van der Waals surface area contributed by atoms with E-state index in [1.165, 1.54) is 0 Å². The number of benzene rings is 1. The van der Waals surface area contributed by atoms with E-state index in [4.69, 9.17) is 15.2 Å². The molecule has 1 aromatic heterocycles. The lowest BCUT2D eigenvalue weighted by molar-refractivity contribution is 0.0950. The molecule has 6 nitrogen and oxygen atoms in total. The summed E-state index contributed by atoms with van der Waals surface area (Å²) in [6.07, 6.45) is 0.903. The summed E-state index contributed by atoms with van der Waals surface area (Å²) in [5, 5.41) is 4.01. The fraction of sp³-hybridized carbons (Fsp3) is 0.412. The van der Waals surface area contributed by atoms with E-state index in [0.717, 1.165) is 22.0 Å². The Kier molecular flexibility index (Phi) is 6.57. The van der Waals surface area contributed by atoms with E-state index in [1.807, 2.05) is 6.92 Å². The van der Waals surface area contributed by atoms with Gasteiger partial charge in [-0.25, -0.2) is 4.98 Å². The normalized spacial score (nSPS) is 10.5. The third-order valence-corrected chi connectivity index (χ3v) is 4.75. The maximum absolute atomic E-state index is 12.4. The van der Waals surface area contributed by atoms with Crippen LogP contribution in [0.15, 0.2) is 18.2 Å². The summed E-state index contributed by atoms with van der Waals surface area (Å²) >= 11 is 1.63. The van der Waals surface area contributed by atoms with E-state index >= 15 is 0 Å². The van der Waals surface area contributed by atoms with Crippen molar-refractivity contribution in [2.45, 2.75) is 26.8 Å². The van der Waals surface area contributed by atoms with Crippen LogP contribution in [0.25, 0.3) is 0 Å². The molecule has 0 atom stereocenters. The molecule has 0 unspecified atom stereocenters. The van der Waals surface area contributed by atoms with Crippen LogP contribution >= 0.6 is 11.3 Å². The molecule has 24 heavy (non-hydrogen) atoms. The van der Waals surface area contributed by atoms with Gasteiger partial charge in [0, 0.05) is 17.0 Å². The van der Waals surface area contributed by atoms with Crippen LogP contribution in [-0.4, -0.2) is 31.2 Å². The van der Waals surface area contributed by atoms with E-state index in [9.17, 15) is 4.79 Å². The Bertz CT molecular complexity index is 700. The van der Waals surface area contributed by atoms with Crippen molar-refractivity contribution in [2.24, 2.45) is 5.73 Å². The Morgan fingerprint density at radius 1 is 1.38 bits per heavy atom. The summed E-state index contributed by atoms with van der Waals surface area (Å²) in [5.41, 5.74) is 6.94. The highest BCUT2D eigenvalue weighted by Gasteiger charge is 2.13. The lowest BCUT2D eigenvalue weighted by Gasteiger charge is -2.12. The molecular formula is C17H23N3O3S. The number of aryl methyl sites for hydroxylation is 2. The minimum Gasteiger partial charge on any atom is -0.493 e. The van der Waals surface area contributed by atoms with Gasteiger partial charge in [-0.1, -0.05) is 6.92 Å². The fourth-order valence-corrected chi connectivity index (χ4v) is 3.11. The first-order valence-corrected chi connectivity index (χ1v) is 8.65. The van der Waals surface area contributed by atoms with Gasteiger partial charge in [-0.3, -0.25) is 4.79 Å². The molecule has 7 heteroatoms. The second-order valence-electron chi connectivity index (χ2n) is 5.16. The van der Waals surface area contributed by atoms with Crippen LogP contribution in [0.5, 0.6) is 11.5 Å². The van der Waals surface area contributed by atoms with Gasteiger partial charge in [-0.15, -0.1) is 11.3 Å². The molecule has 1 amide bonds. The van der Waals surface area contributed by atoms with Crippen molar-refractivity contribution in [3.8, 4) is 11.5 Å². The fourth-order valence-electron chi connectivity index (χ4n) is 2.17. The number of amides is 1. The van der Waals surface area contributed by atoms with Gasteiger partial charge in [0.15, 0.2) is 11.5 Å². The lowest BCUT2D eigenvalue weighted by atomic mass is 10.2. The Morgan fingerprint density at radius 3 is 2.79 bits per heavy atom. The second kappa shape index (κ2) is 8.65. The van der Waals surface area contributed by atoms with Crippen LogP contribution in [0.4, 0.5) is 0 Å². The topological polar surface area (TPSA) is 86.5 Å². The number of hydrogen-bond donors (Lipinski definition) is 2. The Morgan fingerprint density at radius 2 is 2.17 bits per heavy atom. The van der Waals surface area contributed by atoms with E-state index in [1.54, 1.807) is 36.6 Å². The van der Waals surface area contributed by atoms with E-state index in [2.05, 4.69) is 17.2 Å². The van der Waals surface area contributed by atoms with E-state index < -0.39 is 0 Å². The maximum Gasteiger partial charge on any atom is 0.251 e. The van der Waals surface area contributed by atoms with Crippen molar-refractivity contribution < 1.29 is 14.3 Å². The number of nitrogens with two attached hydrogens (primary N) is 1. The number of ether oxygens (including phenoxy) is 2. The largest absolute Gasteiger partial charge is 0.493 e. The SMILES string of the molecule is CCc1nc(C)c(CNC(=O)c2ccc(OC)c(OCCN)c2)s1. The molecule has 0 radical (unpaired) electrons. The average molecular weight is 349 g/mol. The van der Waals surface area contributed by atoms with Gasteiger partial charge in [0.1, 0.15) is 6.61 Å². The predicted molar refractivity (Wildman–Crippen MR) is 94.9 cm³/mol. The third kappa shape index (κ3) is 4.46. The summed E-state index contributed by atoms with van der Waals surface area (Å²) < 4.78 is 10.8. The highest BCUT2D eigenvalue weighted by Crippen LogP contribution is 2.28. The van der Waals surface area contributed by atoms with Crippen LogP contribution in [0.3, 0.4) is 0 Å². The van der Waals surface area contributed by atoms with Crippen LogP contribution < -0.4 is 20.5 Å². The summed E-state index contributed by atoms with van der Waals surface area (Å²) in [6, 6.07) is 5.09. The van der Waals surface area contributed by atoms with Crippen molar-refractivity contribution >= 4 is 17.2 Å². The molecule has 0 saturated heterocycles. The summed E-state index contributed by atoms with van der Waals surface area (Å²) in [7, 11) is 1.56. The maximum atomic E-state index is 12.4. The number of nitrogens with zero attached hydrogens (tertiary/aromatic N) is 1. The first-order chi connectivity index (χ1) is 11.6. The van der Waals surface area contributed by atoms with Gasteiger partial charge in [-0.05, 0) is 31.5 Å². The van der Waals surface area contributed by atoms with Crippen LogP contribution in [0.2, 0.25) is 0 Å². The monoisotopic (exact) mass is 349 g/mol. The minimum atomic E-state index is -0.166. The number of nitrogens with one attached hydrogen (secondary N) is 1. The van der Waals surface area contributed by atoms with Crippen LogP contribution in [0, 0.1) is 6.92 Å². The number of aromatic nitrogens is 1. The number of thiazole rings is 1. The standard InChI is InChI=1S/C17H23N3O3S/c1-4-16-20-11(2)15(24-16)10-19-17(21)12-5-6-13(22-3)14(9-12)23-8-7-18/h5-6,9H,4,7-8,10,18H2,1-3H3,(H,19,21). The van der Waals surface area contributed by atoms with Gasteiger partial charge in [0.05, 0.1) is 24.4 Å². The molecule has 2 aromatic rings. The molecule has 2 rings (SSSR count). The third-order valence-electron chi connectivity index (χ3n) is 3.45. The zero-order valence-corrected chi connectivity index (χ0v) is 15.0. The quantitative estimate of drug-likeness (QED) is 0.763. The molecule has 0 saturated carbocycles. The highest BCUT2D eigenvalue weighted by molar-refractivity contribution is 7.11. The number of methoxy groups -OCH3 is 1. The first kappa shape index (κ1) is 18.2. The first-order valence-electron chi connectivity index (χ1n) is 7.83. The van der Waals surface area contributed by atoms with Gasteiger partial charge < -0.3 is 20.5 Å². The molecule has 0 aliphatic carbocycles. The minimum absolute atomic E-state index is 0.166. The smallest absolute Gasteiger partial charge is 0.251 e. The molecule has 0 spiro atoms. The molecule has 1 aromatic carbocycles. The van der Waals surface area contributed by atoms with Crippen molar-refractivity contribution in [2.75, 3.05) is 20.3 Å². The van der Waals surface area contributed by atoms with Gasteiger partial charge in [0.25, 0.3) is 5.91 Å². The number of carbonyl (C=O) groups is 1. The predicted octanol–water partition coefficient (Wildman–Crippen LogP) is 2.29. The Labute approximate surface area is 146 Å². The zero-order valence-electron chi connectivity index (χ0n) is 14.2. The summed E-state index contributed by atoms with van der Waals surface area (Å²) in [6.45, 7) is 5.25. The number of rotatable bonds is 8. The second-order valence-corrected chi connectivity index (χ2v) is 6.32. The summed E-state index contributed by atoms with van der Waals surface area (Å²) in [4.78, 5) is 17.9. The van der Waals surface area contributed by atoms with Crippen LogP contribution in [-0.2, 0) is 13.0 Å². The van der Waals surface area contributed by atoms with Crippen LogP contribution in [0.1, 0.15) is 32.9 Å². The van der Waals surface area contributed by atoms with E-state index in [0.29, 0.717) is 36.8 Å². The molecule has 0 aliphatic rings. The van der Waals surface area contributed by atoms with Crippen molar-refractivity contribution in [3.63, 3.8) is 0 Å². The van der Waals surface area contributed by atoms with Gasteiger partial charge in [-0.2, -0.15) is 0 Å². The molecule has 0 fully saturated rings. The zero-order chi connectivity index (χ0) is 17.5. The molecule has 130 valence electrons. The van der Waals surface area contributed by atoms with Crippen molar-refractivity contribution in [1.82, 2.24) is 10.3 Å². The molecule has 0 aliphatic heterocycles. The van der Waals surface area contributed by atoms with Crippen molar-refractivity contribution in [3.05, 3.63) is 39.3 Å². The number of carbonyl (C=O) groups excluding carboxylic acids is 1.